The van der Waals surface area contributed by atoms with Crippen LogP contribution in [0.1, 0.15) is 46.9 Å². The summed E-state index contributed by atoms with van der Waals surface area (Å²) in [6.07, 6.45) is 4.20. The van der Waals surface area contributed by atoms with Crippen molar-refractivity contribution >= 4 is 28.1 Å². The van der Waals surface area contributed by atoms with E-state index in [1.165, 1.54) is 32.6 Å². The fourth-order valence-corrected chi connectivity index (χ4v) is 5.76. The molecule has 5 heteroatoms. The highest BCUT2D eigenvalue weighted by Crippen LogP contribution is 2.37. The Hall–Kier alpha value is -2.11. The van der Waals surface area contributed by atoms with Crippen LogP contribution in [0.3, 0.4) is 0 Å². The number of aromatic amines is 1. The molecule has 0 radical (unpaired) electrons. The van der Waals surface area contributed by atoms with Gasteiger partial charge in [0.15, 0.2) is 0 Å². The number of amides is 1. The Morgan fingerprint density at radius 2 is 2.10 bits per heavy atom. The Balaban J connectivity index is 1.33. The summed E-state index contributed by atoms with van der Waals surface area (Å²) in [6, 6.07) is 10.9. The van der Waals surface area contributed by atoms with Crippen molar-refractivity contribution in [3.05, 3.63) is 57.4 Å². The van der Waals surface area contributed by atoms with E-state index in [4.69, 9.17) is 0 Å². The van der Waals surface area contributed by atoms with E-state index >= 15 is 0 Å². The van der Waals surface area contributed by atoms with E-state index in [0.29, 0.717) is 5.91 Å². The molecule has 1 aliphatic carbocycles. The van der Waals surface area contributed by atoms with Crippen LogP contribution in [0.25, 0.3) is 10.9 Å². The van der Waals surface area contributed by atoms with Crippen molar-refractivity contribution in [1.29, 1.82) is 0 Å². The first-order valence-electron chi connectivity index (χ1n) is 10.8. The minimum atomic E-state index is -0.00435. The van der Waals surface area contributed by atoms with Crippen LogP contribution in [0, 0.1) is 6.92 Å². The Labute approximate surface area is 176 Å². The molecule has 0 saturated carbocycles. The van der Waals surface area contributed by atoms with Crippen LogP contribution in [-0.4, -0.2) is 46.9 Å². The molecule has 1 saturated heterocycles. The molecule has 1 aromatic carbocycles. The lowest BCUT2D eigenvalue weighted by atomic mass is 9.85. The molecule has 0 spiro atoms. The lowest BCUT2D eigenvalue weighted by Crippen LogP contribution is -2.39. The zero-order chi connectivity index (χ0) is 19.8. The van der Waals surface area contributed by atoms with E-state index < -0.39 is 0 Å². The fraction of sp³-hybridized carbons (Fsp3) is 0.458. The average Bonchev–Trinajstić information content (AvgIpc) is 3.30. The van der Waals surface area contributed by atoms with Gasteiger partial charge in [-0.3, -0.25) is 9.69 Å². The third-order valence-electron chi connectivity index (χ3n) is 6.52. The minimum Gasteiger partial charge on any atom is -0.357 e. The number of nitrogens with zero attached hydrogens (tertiary/aromatic N) is 2. The van der Waals surface area contributed by atoms with Gasteiger partial charge in [-0.05, 0) is 61.7 Å². The van der Waals surface area contributed by atoms with Crippen LogP contribution in [0.2, 0.25) is 0 Å². The SMILES string of the molecule is Cc1ccc2[nH]c3c(c2c1)CCCC3C(=O)N1CCCN(Cc2cccs2)CC1. The molecular weight excluding hydrogens is 378 g/mol. The van der Waals surface area contributed by atoms with Gasteiger partial charge in [-0.2, -0.15) is 0 Å². The molecule has 1 fully saturated rings. The highest BCUT2D eigenvalue weighted by molar-refractivity contribution is 7.09. The lowest BCUT2D eigenvalue weighted by Gasteiger charge is -2.29. The van der Waals surface area contributed by atoms with Gasteiger partial charge in [0.1, 0.15) is 0 Å². The summed E-state index contributed by atoms with van der Waals surface area (Å²) in [5, 5.41) is 3.46. The third kappa shape index (κ3) is 3.74. The summed E-state index contributed by atoms with van der Waals surface area (Å²) in [5.74, 6) is 0.322. The van der Waals surface area contributed by atoms with Crippen LogP contribution in [-0.2, 0) is 17.8 Å². The van der Waals surface area contributed by atoms with Gasteiger partial charge in [-0.25, -0.2) is 0 Å². The van der Waals surface area contributed by atoms with Crippen molar-refractivity contribution in [2.45, 2.75) is 45.1 Å². The first-order chi connectivity index (χ1) is 14.2. The Morgan fingerprint density at radius 3 is 2.97 bits per heavy atom. The quantitative estimate of drug-likeness (QED) is 0.684. The number of hydrogen-bond acceptors (Lipinski definition) is 3. The number of nitrogens with one attached hydrogen (secondary N) is 1. The van der Waals surface area contributed by atoms with E-state index in [-0.39, 0.29) is 5.92 Å². The van der Waals surface area contributed by atoms with Gasteiger partial charge in [0.25, 0.3) is 0 Å². The van der Waals surface area contributed by atoms with Crippen molar-refractivity contribution in [3.63, 3.8) is 0 Å². The number of carbonyl (C=O) groups excluding carboxylic acids is 1. The van der Waals surface area contributed by atoms with Crippen LogP contribution in [0.4, 0.5) is 0 Å². The largest absolute Gasteiger partial charge is 0.357 e. The maximum atomic E-state index is 13.5. The van der Waals surface area contributed by atoms with E-state index in [0.717, 1.165) is 58.4 Å². The smallest absolute Gasteiger partial charge is 0.231 e. The maximum Gasteiger partial charge on any atom is 0.231 e. The number of hydrogen-bond donors (Lipinski definition) is 1. The van der Waals surface area contributed by atoms with Gasteiger partial charge in [0, 0.05) is 54.2 Å². The monoisotopic (exact) mass is 407 g/mol. The molecule has 152 valence electrons. The van der Waals surface area contributed by atoms with Crippen molar-refractivity contribution in [2.75, 3.05) is 26.2 Å². The molecule has 2 aromatic heterocycles. The van der Waals surface area contributed by atoms with Gasteiger partial charge in [0.2, 0.25) is 5.91 Å². The molecule has 1 atom stereocenters. The standard InChI is InChI=1S/C24H29N3OS/c1-17-8-9-22-21(15-17)19-6-2-7-20(23(19)25-22)24(28)27-11-4-10-26(12-13-27)16-18-5-3-14-29-18/h3,5,8-9,14-15,20,25H,2,4,6-7,10-13,16H2,1H3. The predicted molar refractivity (Wildman–Crippen MR) is 120 cm³/mol. The second-order valence-electron chi connectivity index (χ2n) is 8.55. The highest BCUT2D eigenvalue weighted by atomic mass is 32.1. The van der Waals surface area contributed by atoms with E-state index in [2.05, 4.69) is 57.4 Å². The zero-order valence-corrected chi connectivity index (χ0v) is 17.9. The molecule has 29 heavy (non-hydrogen) atoms. The maximum absolute atomic E-state index is 13.5. The number of thiophene rings is 1. The van der Waals surface area contributed by atoms with E-state index in [1.807, 2.05) is 11.3 Å². The molecule has 3 aromatic rings. The van der Waals surface area contributed by atoms with Crippen LogP contribution >= 0.6 is 11.3 Å². The minimum absolute atomic E-state index is 0.00435. The first-order valence-corrected chi connectivity index (χ1v) is 11.7. The molecule has 1 amide bonds. The Morgan fingerprint density at radius 1 is 1.17 bits per heavy atom. The molecule has 1 aliphatic heterocycles. The number of rotatable bonds is 3. The van der Waals surface area contributed by atoms with Crippen LogP contribution < -0.4 is 0 Å². The molecule has 5 rings (SSSR count). The summed E-state index contributed by atoms with van der Waals surface area (Å²) in [7, 11) is 0. The molecule has 3 heterocycles. The summed E-state index contributed by atoms with van der Waals surface area (Å²) in [4.78, 5) is 23.2. The fourth-order valence-electron chi connectivity index (χ4n) is 5.02. The summed E-state index contributed by atoms with van der Waals surface area (Å²) in [6.45, 7) is 6.91. The number of carbonyl (C=O) groups is 1. The number of aryl methyl sites for hydroxylation is 2. The molecule has 0 bridgehead atoms. The number of aromatic nitrogens is 1. The highest BCUT2D eigenvalue weighted by Gasteiger charge is 2.33. The normalized spacial score (nSPS) is 20.6. The van der Waals surface area contributed by atoms with Crippen molar-refractivity contribution in [2.24, 2.45) is 0 Å². The van der Waals surface area contributed by atoms with Gasteiger partial charge < -0.3 is 9.88 Å². The Kier molecular flexibility index (Phi) is 5.18. The molecule has 2 aliphatic rings. The number of fused-ring (bicyclic) bond motifs is 3. The molecule has 1 unspecified atom stereocenters. The summed E-state index contributed by atoms with van der Waals surface area (Å²) in [5.41, 5.74) is 5.02. The summed E-state index contributed by atoms with van der Waals surface area (Å²) >= 11 is 1.82. The van der Waals surface area contributed by atoms with Crippen LogP contribution in [0.5, 0.6) is 0 Å². The van der Waals surface area contributed by atoms with Crippen LogP contribution in [0.15, 0.2) is 35.7 Å². The topological polar surface area (TPSA) is 39.3 Å². The van der Waals surface area contributed by atoms with Gasteiger partial charge >= 0.3 is 0 Å². The third-order valence-corrected chi connectivity index (χ3v) is 7.38. The predicted octanol–water partition coefficient (Wildman–Crippen LogP) is 4.69. The van der Waals surface area contributed by atoms with Crippen molar-refractivity contribution in [1.82, 2.24) is 14.8 Å². The molecule has 4 nitrogen and oxygen atoms in total. The average molecular weight is 408 g/mol. The second-order valence-corrected chi connectivity index (χ2v) is 9.58. The van der Waals surface area contributed by atoms with Gasteiger partial charge in [-0.1, -0.05) is 17.7 Å². The first kappa shape index (κ1) is 18.9. The van der Waals surface area contributed by atoms with Gasteiger partial charge in [0.05, 0.1) is 5.92 Å². The zero-order valence-electron chi connectivity index (χ0n) is 17.1. The molecule has 1 N–H and O–H groups in total. The van der Waals surface area contributed by atoms with Crippen molar-refractivity contribution < 1.29 is 4.79 Å². The van der Waals surface area contributed by atoms with E-state index in [9.17, 15) is 4.79 Å². The van der Waals surface area contributed by atoms with Gasteiger partial charge in [-0.15, -0.1) is 11.3 Å². The lowest BCUT2D eigenvalue weighted by molar-refractivity contribution is -0.133. The Bertz CT molecular complexity index is 1010. The number of H-pyrrole nitrogens is 1. The molecular formula is C24H29N3OS. The number of benzene rings is 1. The van der Waals surface area contributed by atoms with Crippen molar-refractivity contribution in [3.8, 4) is 0 Å². The van der Waals surface area contributed by atoms with E-state index in [1.54, 1.807) is 0 Å². The second kappa shape index (κ2) is 7.96. The summed E-state index contributed by atoms with van der Waals surface area (Å²) < 4.78 is 0.